The summed E-state index contributed by atoms with van der Waals surface area (Å²) in [6.45, 7) is 2.52. The Morgan fingerprint density at radius 1 is 1.21 bits per heavy atom. The highest BCUT2D eigenvalue weighted by molar-refractivity contribution is 7.90. The summed E-state index contributed by atoms with van der Waals surface area (Å²) in [6.07, 6.45) is 1.79. The second kappa shape index (κ2) is 5.58. The molecular formula is C12H17N3O3S. The van der Waals surface area contributed by atoms with E-state index in [0.29, 0.717) is 24.5 Å². The molecule has 1 amide bonds. The molecule has 104 valence electrons. The smallest absolute Gasteiger partial charge is 0.301 e. The number of nitrogens with zero attached hydrogens (tertiary/aromatic N) is 1. The summed E-state index contributed by atoms with van der Waals surface area (Å²) in [4.78, 5) is 11.0. The van der Waals surface area contributed by atoms with Gasteiger partial charge in [-0.15, -0.1) is 0 Å². The Morgan fingerprint density at radius 3 is 2.47 bits per heavy atom. The van der Waals surface area contributed by atoms with Crippen LogP contribution in [0.4, 0.5) is 11.4 Å². The highest BCUT2D eigenvalue weighted by atomic mass is 32.2. The Labute approximate surface area is 113 Å². The lowest BCUT2D eigenvalue weighted by molar-refractivity contribution is -0.114. The molecule has 1 heterocycles. The van der Waals surface area contributed by atoms with Crippen LogP contribution >= 0.6 is 0 Å². The normalized spacial score (nSPS) is 16.3. The predicted octanol–water partition coefficient (Wildman–Crippen LogP) is 1.40. The third kappa shape index (κ3) is 3.68. The van der Waals surface area contributed by atoms with Gasteiger partial charge in [0.05, 0.1) is 5.69 Å². The largest absolute Gasteiger partial charge is 0.326 e. The molecule has 2 N–H and O–H groups in total. The molecule has 1 fully saturated rings. The molecule has 1 aromatic rings. The SMILES string of the molecule is CC(=O)Nc1cccc(NS(=O)(=O)N2CCCC2)c1. The standard InChI is InChI=1S/C12H17N3O3S/c1-10(16)13-11-5-4-6-12(9-11)14-19(17,18)15-7-2-3-8-15/h4-6,9,14H,2-3,7-8H2,1H3,(H,13,16). The van der Waals surface area contributed by atoms with Crippen LogP contribution < -0.4 is 10.0 Å². The fourth-order valence-corrected chi connectivity index (χ4v) is 3.30. The van der Waals surface area contributed by atoms with Crippen molar-refractivity contribution in [3.05, 3.63) is 24.3 Å². The Hall–Kier alpha value is -1.60. The van der Waals surface area contributed by atoms with Crippen molar-refractivity contribution in [1.29, 1.82) is 0 Å². The number of amides is 1. The molecule has 0 atom stereocenters. The molecule has 0 radical (unpaired) electrons. The number of anilines is 2. The molecule has 6 nitrogen and oxygen atoms in total. The van der Waals surface area contributed by atoms with Crippen LogP contribution in [0.2, 0.25) is 0 Å². The van der Waals surface area contributed by atoms with Crippen LogP contribution in [0.25, 0.3) is 0 Å². The first kappa shape index (κ1) is 13.8. The molecule has 7 heteroatoms. The quantitative estimate of drug-likeness (QED) is 0.876. The third-order valence-corrected chi connectivity index (χ3v) is 4.37. The molecular weight excluding hydrogens is 266 g/mol. The van der Waals surface area contributed by atoms with Crippen molar-refractivity contribution >= 4 is 27.5 Å². The molecule has 1 aliphatic rings. The van der Waals surface area contributed by atoms with Crippen molar-refractivity contribution in [2.75, 3.05) is 23.1 Å². The van der Waals surface area contributed by atoms with Crippen LogP contribution in [0, 0.1) is 0 Å². The lowest BCUT2D eigenvalue weighted by atomic mass is 10.3. The third-order valence-electron chi connectivity index (χ3n) is 2.83. The average molecular weight is 283 g/mol. The van der Waals surface area contributed by atoms with Crippen LogP contribution in [0.15, 0.2) is 24.3 Å². The summed E-state index contributed by atoms with van der Waals surface area (Å²) in [5, 5.41) is 2.61. The second-order valence-corrected chi connectivity index (χ2v) is 6.15. The van der Waals surface area contributed by atoms with E-state index < -0.39 is 10.2 Å². The van der Waals surface area contributed by atoms with Crippen LogP contribution in [0.3, 0.4) is 0 Å². The Morgan fingerprint density at radius 2 is 1.84 bits per heavy atom. The van der Waals surface area contributed by atoms with Crippen LogP contribution in [0.5, 0.6) is 0 Å². The number of hydrogen-bond acceptors (Lipinski definition) is 3. The van der Waals surface area contributed by atoms with E-state index in [2.05, 4.69) is 10.0 Å². The van der Waals surface area contributed by atoms with E-state index in [9.17, 15) is 13.2 Å². The lowest BCUT2D eigenvalue weighted by Gasteiger charge is -2.17. The number of carbonyl (C=O) groups excluding carboxylic acids is 1. The zero-order valence-corrected chi connectivity index (χ0v) is 11.5. The summed E-state index contributed by atoms with van der Waals surface area (Å²) < 4.78 is 28.1. The molecule has 1 aliphatic heterocycles. The first-order chi connectivity index (χ1) is 8.97. The lowest BCUT2D eigenvalue weighted by Crippen LogP contribution is -2.33. The second-order valence-electron chi connectivity index (χ2n) is 4.48. The van der Waals surface area contributed by atoms with Crippen LogP contribution in [-0.2, 0) is 15.0 Å². The van der Waals surface area contributed by atoms with E-state index in [-0.39, 0.29) is 5.91 Å². The van der Waals surface area contributed by atoms with Gasteiger partial charge >= 0.3 is 10.2 Å². The van der Waals surface area contributed by atoms with E-state index in [4.69, 9.17) is 0 Å². The maximum absolute atomic E-state index is 12.1. The van der Waals surface area contributed by atoms with Gasteiger partial charge in [0.2, 0.25) is 5.91 Å². The fourth-order valence-electron chi connectivity index (χ4n) is 2.01. The molecule has 2 rings (SSSR count). The number of carbonyl (C=O) groups is 1. The highest BCUT2D eigenvalue weighted by Crippen LogP contribution is 2.19. The predicted molar refractivity (Wildman–Crippen MR) is 74.1 cm³/mol. The topological polar surface area (TPSA) is 78.5 Å². The van der Waals surface area contributed by atoms with Gasteiger partial charge in [-0.3, -0.25) is 9.52 Å². The molecule has 0 spiro atoms. The first-order valence-electron chi connectivity index (χ1n) is 6.13. The van der Waals surface area contributed by atoms with E-state index >= 15 is 0 Å². The summed E-state index contributed by atoms with van der Waals surface area (Å²) in [6, 6.07) is 6.64. The average Bonchev–Trinajstić information content (AvgIpc) is 2.81. The Kier molecular flexibility index (Phi) is 4.06. The van der Waals surface area contributed by atoms with Crippen molar-refractivity contribution in [3.8, 4) is 0 Å². The molecule has 1 saturated heterocycles. The van der Waals surface area contributed by atoms with E-state index in [0.717, 1.165) is 12.8 Å². The highest BCUT2D eigenvalue weighted by Gasteiger charge is 2.24. The van der Waals surface area contributed by atoms with Gasteiger partial charge in [-0.25, -0.2) is 0 Å². The Bertz CT molecular complexity index is 565. The zero-order chi connectivity index (χ0) is 13.9. The number of hydrogen-bond donors (Lipinski definition) is 2. The molecule has 0 bridgehead atoms. The van der Waals surface area contributed by atoms with Gasteiger partial charge in [-0.05, 0) is 31.0 Å². The van der Waals surface area contributed by atoms with Gasteiger partial charge in [0.25, 0.3) is 0 Å². The molecule has 1 aromatic carbocycles. The maximum Gasteiger partial charge on any atom is 0.301 e. The maximum atomic E-state index is 12.1. The van der Waals surface area contributed by atoms with Crippen molar-refractivity contribution in [2.45, 2.75) is 19.8 Å². The molecule has 0 saturated carbocycles. The summed E-state index contributed by atoms with van der Waals surface area (Å²) in [5.74, 6) is -0.195. The number of benzene rings is 1. The fraction of sp³-hybridized carbons (Fsp3) is 0.417. The summed E-state index contributed by atoms with van der Waals surface area (Å²) in [7, 11) is -3.49. The summed E-state index contributed by atoms with van der Waals surface area (Å²) in [5.41, 5.74) is 1.01. The van der Waals surface area contributed by atoms with Gasteiger partial charge in [0, 0.05) is 25.7 Å². The number of nitrogens with one attached hydrogen (secondary N) is 2. The van der Waals surface area contributed by atoms with Gasteiger partial charge in [-0.1, -0.05) is 6.07 Å². The summed E-state index contributed by atoms with van der Waals surface area (Å²) >= 11 is 0. The number of rotatable bonds is 4. The first-order valence-corrected chi connectivity index (χ1v) is 7.57. The molecule has 0 aromatic heterocycles. The minimum atomic E-state index is -3.49. The van der Waals surface area contributed by atoms with Crippen molar-refractivity contribution in [2.24, 2.45) is 0 Å². The van der Waals surface area contributed by atoms with Gasteiger partial charge in [0.1, 0.15) is 0 Å². The van der Waals surface area contributed by atoms with Gasteiger partial charge in [-0.2, -0.15) is 12.7 Å². The van der Waals surface area contributed by atoms with Crippen molar-refractivity contribution in [3.63, 3.8) is 0 Å². The van der Waals surface area contributed by atoms with Crippen LogP contribution in [0.1, 0.15) is 19.8 Å². The minimum Gasteiger partial charge on any atom is -0.326 e. The van der Waals surface area contributed by atoms with Crippen LogP contribution in [-0.4, -0.2) is 31.7 Å². The minimum absolute atomic E-state index is 0.195. The van der Waals surface area contributed by atoms with E-state index in [1.807, 2.05) is 0 Å². The van der Waals surface area contributed by atoms with Gasteiger partial charge < -0.3 is 5.32 Å². The van der Waals surface area contributed by atoms with E-state index in [1.54, 1.807) is 24.3 Å². The zero-order valence-electron chi connectivity index (χ0n) is 10.7. The van der Waals surface area contributed by atoms with Crippen molar-refractivity contribution < 1.29 is 13.2 Å². The van der Waals surface area contributed by atoms with Crippen molar-refractivity contribution in [1.82, 2.24) is 4.31 Å². The Balaban J connectivity index is 2.12. The molecule has 0 aliphatic carbocycles. The molecule has 0 unspecified atom stereocenters. The monoisotopic (exact) mass is 283 g/mol. The molecule has 19 heavy (non-hydrogen) atoms. The van der Waals surface area contributed by atoms with Gasteiger partial charge in [0.15, 0.2) is 0 Å². The van der Waals surface area contributed by atoms with E-state index in [1.165, 1.54) is 11.2 Å².